The van der Waals surface area contributed by atoms with Crippen molar-refractivity contribution in [3.8, 4) is 0 Å². The van der Waals surface area contributed by atoms with Crippen molar-refractivity contribution < 1.29 is 13.5 Å². The molecule has 0 aliphatic rings. The van der Waals surface area contributed by atoms with Crippen LogP contribution in [0.25, 0.3) is 0 Å². The van der Waals surface area contributed by atoms with Crippen LogP contribution in [-0.4, -0.2) is 39.5 Å². The Kier molecular flexibility index (Phi) is 5.62. The molecular weight excluding hydrogens is 250 g/mol. The zero-order valence-corrected chi connectivity index (χ0v) is 11.8. The third-order valence-corrected chi connectivity index (χ3v) is 4.70. The van der Waals surface area contributed by atoms with Crippen molar-refractivity contribution in [2.75, 3.05) is 30.9 Å². The Morgan fingerprint density at radius 1 is 1.28 bits per heavy atom. The quantitative estimate of drug-likeness (QED) is 0.820. The summed E-state index contributed by atoms with van der Waals surface area (Å²) < 4.78 is 24.3. The number of nitrogens with zero attached hydrogens (tertiary/aromatic N) is 1. The van der Waals surface area contributed by atoms with Crippen LogP contribution in [0.5, 0.6) is 0 Å². The van der Waals surface area contributed by atoms with Crippen LogP contribution in [-0.2, 0) is 9.84 Å². The Morgan fingerprint density at radius 3 is 2.56 bits per heavy atom. The molecule has 0 heterocycles. The average molecular weight is 271 g/mol. The Labute approximate surface area is 109 Å². The van der Waals surface area contributed by atoms with E-state index in [4.69, 9.17) is 5.11 Å². The number of benzene rings is 1. The molecule has 0 spiro atoms. The second-order valence-electron chi connectivity index (χ2n) is 4.29. The van der Waals surface area contributed by atoms with E-state index in [0.717, 1.165) is 0 Å². The molecule has 0 unspecified atom stereocenters. The first-order valence-corrected chi connectivity index (χ1v) is 7.82. The fourth-order valence-electron chi connectivity index (χ4n) is 1.84. The third-order valence-electron chi connectivity index (χ3n) is 2.74. The lowest BCUT2D eigenvalue weighted by atomic mass is 10.3. The zero-order valence-electron chi connectivity index (χ0n) is 11.0. The monoisotopic (exact) mass is 271 g/mol. The number of aliphatic hydroxyl groups is 1. The van der Waals surface area contributed by atoms with Gasteiger partial charge in [-0.05, 0) is 25.0 Å². The minimum absolute atomic E-state index is 0.105. The standard InChI is InChI=1S/C13H21NO3S/c1-3-11-18(16,17)13-8-5-4-7-12(13)14(2)9-6-10-15/h4-5,7-8,15H,3,6,9-11H2,1-2H3. The topological polar surface area (TPSA) is 57.6 Å². The Bertz CT molecular complexity index is 471. The number of hydrogen-bond acceptors (Lipinski definition) is 4. The van der Waals surface area contributed by atoms with Crippen molar-refractivity contribution in [2.24, 2.45) is 0 Å². The van der Waals surface area contributed by atoms with Gasteiger partial charge in [0.2, 0.25) is 0 Å². The minimum atomic E-state index is -3.22. The van der Waals surface area contributed by atoms with E-state index in [1.165, 1.54) is 0 Å². The summed E-state index contributed by atoms with van der Waals surface area (Å²) in [5.74, 6) is 0.165. The molecule has 0 saturated carbocycles. The van der Waals surface area contributed by atoms with E-state index >= 15 is 0 Å². The van der Waals surface area contributed by atoms with Gasteiger partial charge >= 0.3 is 0 Å². The highest BCUT2D eigenvalue weighted by Gasteiger charge is 2.19. The molecule has 102 valence electrons. The maximum atomic E-state index is 12.2. The van der Waals surface area contributed by atoms with Gasteiger partial charge in [-0.3, -0.25) is 0 Å². The molecule has 1 aromatic rings. The van der Waals surface area contributed by atoms with E-state index in [1.54, 1.807) is 18.2 Å². The van der Waals surface area contributed by atoms with Crippen LogP contribution in [0.2, 0.25) is 0 Å². The number of anilines is 1. The summed E-state index contributed by atoms with van der Waals surface area (Å²) in [6.07, 6.45) is 1.23. The highest BCUT2D eigenvalue weighted by Crippen LogP contribution is 2.25. The highest BCUT2D eigenvalue weighted by atomic mass is 32.2. The Hall–Kier alpha value is -1.07. The Balaban J connectivity index is 3.06. The number of aliphatic hydroxyl groups excluding tert-OH is 1. The van der Waals surface area contributed by atoms with Crippen LogP contribution in [0, 0.1) is 0 Å². The Morgan fingerprint density at radius 2 is 1.94 bits per heavy atom. The number of hydrogen-bond donors (Lipinski definition) is 1. The van der Waals surface area contributed by atoms with Crippen LogP contribution in [0.3, 0.4) is 0 Å². The van der Waals surface area contributed by atoms with Crippen LogP contribution in [0.15, 0.2) is 29.2 Å². The van der Waals surface area contributed by atoms with Gasteiger partial charge in [0.25, 0.3) is 0 Å². The smallest absolute Gasteiger partial charge is 0.180 e. The fourth-order valence-corrected chi connectivity index (χ4v) is 3.43. The summed E-state index contributed by atoms with van der Waals surface area (Å²) in [4.78, 5) is 2.26. The van der Waals surface area contributed by atoms with Gasteiger partial charge in [-0.2, -0.15) is 0 Å². The predicted octanol–water partition coefficient (Wildman–Crippen LogP) is 1.69. The lowest BCUT2D eigenvalue weighted by Crippen LogP contribution is -2.22. The van der Waals surface area contributed by atoms with Crippen molar-refractivity contribution in [3.63, 3.8) is 0 Å². The van der Waals surface area contributed by atoms with Gasteiger partial charge in [-0.15, -0.1) is 0 Å². The van der Waals surface area contributed by atoms with E-state index in [2.05, 4.69) is 0 Å². The maximum Gasteiger partial charge on any atom is 0.180 e. The maximum absolute atomic E-state index is 12.2. The normalized spacial score (nSPS) is 11.5. The molecule has 5 heteroatoms. The van der Waals surface area contributed by atoms with Gasteiger partial charge in [0.1, 0.15) is 0 Å². The van der Waals surface area contributed by atoms with E-state index in [9.17, 15) is 8.42 Å². The van der Waals surface area contributed by atoms with E-state index in [0.29, 0.717) is 30.0 Å². The van der Waals surface area contributed by atoms with Crippen LogP contribution in [0.1, 0.15) is 19.8 Å². The minimum Gasteiger partial charge on any atom is -0.396 e. The van der Waals surface area contributed by atoms with Crippen molar-refractivity contribution in [3.05, 3.63) is 24.3 Å². The largest absolute Gasteiger partial charge is 0.396 e. The lowest BCUT2D eigenvalue weighted by Gasteiger charge is -2.21. The van der Waals surface area contributed by atoms with Gasteiger partial charge in [0.15, 0.2) is 9.84 Å². The van der Waals surface area contributed by atoms with E-state index in [1.807, 2.05) is 24.9 Å². The molecule has 0 aliphatic heterocycles. The molecule has 1 N–H and O–H groups in total. The number of sulfone groups is 1. The summed E-state index contributed by atoms with van der Waals surface area (Å²) in [6, 6.07) is 7.03. The molecule has 0 atom stereocenters. The van der Waals surface area contributed by atoms with Crippen LogP contribution < -0.4 is 4.90 Å². The first-order chi connectivity index (χ1) is 8.53. The summed E-state index contributed by atoms with van der Waals surface area (Å²) >= 11 is 0. The molecular formula is C13H21NO3S. The number of rotatable bonds is 7. The molecule has 18 heavy (non-hydrogen) atoms. The summed E-state index contributed by atoms with van der Waals surface area (Å²) in [5, 5.41) is 8.83. The highest BCUT2D eigenvalue weighted by molar-refractivity contribution is 7.91. The van der Waals surface area contributed by atoms with Crippen molar-refractivity contribution >= 4 is 15.5 Å². The molecule has 0 aromatic heterocycles. The molecule has 4 nitrogen and oxygen atoms in total. The van der Waals surface area contributed by atoms with E-state index < -0.39 is 9.84 Å². The van der Waals surface area contributed by atoms with Gasteiger partial charge in [-0.25, -0.2) is 8.42 Å². The molecule has 0 fully saturated rings. The third kappa shape index (κ3) is 3.71. The molecule has 0 amide bonds. The first kappa shape index (κ1) is 15.0. The second-order valence-corrected chi connectivity index (χ2v) is 6.36. The van der Waals surface area contributed by atoms with Gasteiger partial charge < -0.3 is 10.0 Å². The van der Waals surface area contributed by atoms with Crippen LogP contribution >= 0.6 is 0 Å². The summed E-state index contributed by atoms with van der Waals surface area (Å²) in [6.45, 7) is 2.60. The molecule has 0 radical (unpaired) electrons. The lowest BCUT2D eigenvalue weighted by molar-refractivity contribution is 0.290. The molecule has 1 rings (SSSR count). The second kappa shape index (κ2) is 6.75. The van der Waals surface area contributed by atoms with Crippen LogP contribution in [0.4, 0.5) is 5.69 Å². The average Bonchev–Trinajstić information content (AvgIpc) is 2.36. The van der Waals surface area contributed by atoms with Crippen molar-refractivity contribution in [2.45, 2.75) is 24.7 Å². The molecule has 0 bridgehead atoms. The van der Waals surface area contributed by atoms with E-state index in [-0.39, 0.29) is 12.4 Å². The molecule has 0 saturated heterocycles. The van der Waals surface area contributed by atoms with Gasteiger partial charge in [-0.1, -0.05) is 19.1 Å². The van der Waals surface area contributed by atoms with Crippen molar-refractivity contribution in [1.29, 1.82) is 0 Å². The SMILES string of the molecule is CCCS(=O)(=O)c1ccccc1N(C)CCCO. The molecule has 0 aliphatic carbocycles. The van der Waals surface area contributed by atoms with Gasteiger partial charge in [0.05, 0.1) is 16.3 Å². The molecule has 1 aromatic carbocycles. The first-order valence-electron chi connectivity index (χ1n) is 6.16. The van der Waals surface area contributed by atoms with Gasteiger partial charge in [0, 0.05) is 20.2 Å². The zero-order chi connectivity index (χ0) is 13.6. The fraction of sp³-hybridized carbons (Fsp3) is 0.538. The van der Waals surface area contributed by atoms with Crippen molar-refractivity contribution in [1.82, 2.24) is 0 Å². The summed E-state index contributed by atoms with van der Waals surface area (Å²) in [5.41, 5.74) is 0.708. The predicted molar refractivity (Wildman–Crippen MR) is 73.8 cm³/mol. The summed E-state index contributed by atoms with van der Waals surface area (Å²) in [7, 11) is -1.37. The number of para-hydroxylation sites is 1.